The first-order valence-corrected chi connectivity index (χ1v) is 9.92. The first-order chi connectivity index (χ1) is 15.1. The number of alkyl halides is 2. The molecule has 1 aliphatic rings. The predicted octanol–water partition coefficient (Wildman–Crippen LogP) is 7.56. The number of hydrogen-bond donors (Lipinski definition) is 0. The number of furan rings is 1. The highest BCUT2D eigenvalue weighted by molar-refractivity contribution is 6.02. The van der Waals surface area contributed by atoms with Crippen molar-refractivity contribution in [3.8, 4) is 11.3 Å². The molecule has 2 aromatic heterocycles. The largest absolute Gasteiger partial charge is 0.461 e. The summed E-state index contributed by atoms with van der Waals surface area (Å²) < 4.78 is 56.0. The Hall–Kier alpha value is -2.75. The molecule has 0 saturated heterocycles. The summed E-state index contributed by atoms with van der Waals surface area (Å²) in [5, 5.41) is 2.61. The second-order valence-electron chi connectivity index (χ2n) is 8.11. The van der Waals surface area contributed by atoms with Gasteiger partial charge in [-0.3, -0.25) is 4.98 Å². The van der Waals surface area contributed by atoms with E-state index in [9.17, 15) is 8.78 Å². The molecule has 0 N–H and O–H groups in total. The third-order valence-corrected chi connectivity index (χ3v) is 5.99. The summed E-state index contributed by atoms with van der Waals surface area (Å²) in [6.07, 6.45) is 2.56. The van der Waals surface area contributed by atoms with Crippen molar-refractivity contribution in [3.05, 3.63) is 65.5 Å². The second kappa shape index (κ2) is 6.65. The van der Waals surface area contributed by atoms with Crippen molar-refractivity contribution in [2.45, 2.75) is 51.3 Å². The highest BCUT2D eigenvalue weighted by Crippen LogP contribution is 2.42. The van der Waals surface area contributed by atoms with Crippen LogP contribution in [0.4, 0.5) is 8.78 Å². The van der Waals surface area contributed by atoms with Crippen LogP contribution in [0.2, 0.25) is 0 Å². The van der Waals surface area contributed by atoms with Gasteiger partial charge in [-0.15, -0.1) is 0 Å². The van der Waals surface area contributed by atoms with Crippen molar-refractivity contribution in [3.63, 3.8) is 0 Å². The lowest BCUT2D eigenvalue weighted by Crippen LogP contribution is -2.23. The van der Waals surface area contributed by atoms with Gasteiger partial charge in [0.2, 0.25) is 5.92 Å². The standard InChI is InChI=1S/C25H23F2NO/c1-15-11-20-13-16(2)29-24(20)22(12-15)23-21-4-3-18(14-19(21)7-10-28-23)17-5-8-25(26,27)9-6-17/h3-4,7,10-14,17H,5-6,8-9H2,1-2H3/i2D3. The van der Waals surface area contributed by atoms with E-state index in [-0.39, 0.29) is 24.5 Å². The molecule has 29 heavy (non-hydrogen) atoms. The van der Waals surface area contributed by atoms with Crippen LogP contribution in [0.1, 0.15) is 52.6 Å². The lowest BCUT2D eigenvalue weighted by atomic mass is 9.81. The van der Waals surface area contributed by atoms with Crippen LogP contribution in [0.5, 0.6) is 0 Å². The molecule has 1 saturated carbocycles. The molecule has 0 unspecified atom stereocenters. The molecular weight excluding hydrogens is 368 g/mol. The topological polar surface area (TPSA) is 26.0 Å². The SMILES string of the molecule is [2H]C([2H])([2H])c1cc2cc(C)cc(-c3nccc4cc(C5CCC(F)(F)CC5)ccc34)c2o1. The number of aryl methyl sites for hydroxylation is 2. The molecule has 148 valence electrons. The summed E-state index contributed by atoms with van der Waals surface area (Å²) in [6.45, 7) is -0.380. The highest BCUT2D eigenvalue weighted by atomic mass is 19.3. The van der Waals surface area contributed by atoms with Gasteiger partial charge >= 0.3 is 0 Å². The van der Waals surface area contributed by atoms with Crippen molar-refractivity contribution >= 4 is 21.7 Å². The number of halogens is 2. The van der Waals surface area contributed by atoms with Gasteiger partial charge in [-0.1, -0.05) is 18.2 Å². The first-order valence-electron chi connectivity index (χ1n) is 11.4. The number of aromatic nitrogens is 1. The van der Waals surface area contributed by atoms with E-state index in [0.717, 1.165) is 32.8 Å². The molecule has 5 rings (SSSR count). The molecule has 0 aliphatic heterocycles. The summed E-state index contributed by atoms with van der Waals surface area (Å²) in [6, 6.07) is 13.4. The Morgan fingerprint density at radius 2 is 1.90 bits per heavy atom. The zero-order chi connectivity index (χ0) is 22.7. The maximum Gasteiger partial charge on any atom is 0.248 e. The zero-order valence-electron chi connectivity index (χ0n) is 19.1. The van der Waals surface area contributed by atoms with E-state index < -0.39 is 12.8 Å². The normalized spacial score (nSPS) is 19.2. The quantitative estimate of drug-likeness (QED) is 0.351. The van der Waals surface area contributed by atoms with Gasteiger partial charge in [0.1, 0.15) is 11.3 Å². The number of rotatable bonds is 2. The van der Waals surface area contributed by atoms with Crippen LogP contribution >= 0.6 is 0 Å². The van der Waals surface area contributed by atoms with Crippen LogP contribution in [-0.4, -0.2) is 10.9 Å². The molecule has 0 atom stereocenters. The number of fused-ring (bicyclic) bond motifs is 2. The van der Waals surface area contributed by atoms with Gasteiger partial charge in [-0.05, 0) is 73.3 Å². The van der Waals surface area contributed by atoms with Gasteiger partial charge < -0.3 is 4.42 Å². The average molecular weight is 394 g/mol. The van der Waals surface area contributed by atoms with Crippen LogP contribution in [0.3, 0.4) is 0 Å². The maximum atomic E-state index is 13.6. The smallest absolute Gasteiger partial charge is 0.248 e. The molecule has 1 aliphatic carbocycles. The Bertz CT molecular complexity index is 1320. The minimum atomic E-state index is -2.54. The van der Waals surface area contributed by atoms with Gasteiger partial charge in [0.05, 0.1) is 5.69 Å². The molecule has 2 nitrogen and oxygen atoms in total. The number of hydrogen-bond acceptors (Lipinski definition) is 2. The summed E-state index contributed by atoms with van der Waals surface area (Å²) in [5.41, 5.74) is 4.00. The van der Waals surface area contributed by atoms with E-state index in [1.165, 1.54) is 0 Å². The molecule has 0 radical (unpaired) electrons. The van der Waals surface area contributed by atoms with Crippen LogP contribution in [0.15, 0.2) is 53.1 Å². The summed E-state index contributed by atoms with van der Waals surface area (Å²) in [7, 11) is 0. The Kier molecular flexibility index (Phi) is 3.47. The minimum absolute atomic E-state index is 0.0454. The van der Waals surface area contributed by atoms with Gasteiger partial charge in [-0.2, -0.15) is 0 Å². The first kappa shape index (κ1) is 15.1. The lowest BCUT2D eigenvalue weighted by Gasteiger charge is -2.28. The van der Waals surface area contributed by atoms with Crippen LogP contribution in [0, 0.1) is 13.8 Å². The van der Waals surface area contributed by atoms with E-state index in [1.807, 2.05) is 37.3 Å². The van der Waals surface area contributed by atoms with Crippen molar-refractivity contribution in [1.82, 2.24) is 4.98 Å². The highest BCUT2D eigenvalue weighted by Gasteiger charge is 2.35. The fourth-order valence-corrected chi connectivity index (χ4v) is 4.52. The molecule has 2 aromatic carbocycles. The van der Waals surface area contributed by atoms with E-state index in [1.54, 1.807) is 12.3 Å². The van der Waals surface area contributed by atoms with Crippen LogP contribution in [-0.2, 0) is 0 Å². The van der Waals surface area contributed by atoms with Crippen molar-refractivity contribution < 1.29 is 17.3 Å². The molecule has 1 fully saturated rings. The van der Waals surface area contributed by atoms with E-state index in [0.29, 0.717) is 24.1 Å². The Labute approximate surface area is 172 Å². The van der Waals surface area contributed by atoms with Gasteiger partial charge in [0.25, 0.3) is 0 Å². The zero-order valence-corrected chi connectivity index (χ0v) is 16.1. The minimum Gasteiger partial charge on any atom is -0.461 e. The lowest BCUT2D eigenvalue weighted by molar-refractivity contribution is -0.0382. The molecule has 2 heterocycles. The van der Waals surface area contributed by atoms with Gasteiger partial charge in [-0.25, -0.2) is 8.78 Å². The van der Waals surface area contributed by atoms with E-state index in [4.69, 9.17) is 8.53 Å². The van der Waals surface area contributed by atoms with Crippen LogP contribution < -0.4 is 0 Å². The predicted molar refractivity (Wildman–Crippen MR) is 113 cm³/mol. The molecule has 0 amide bonds. The van der Waals surface area contributed by atoms with E-state index >= 15 is 0 Å². The Balaban J connectivity index is 1.61. The maximum absolute atomic E-state index is 13.6. The Morgan fingerprint density at radius 3 is 2.69 bits per heavy atom. The fraction of sp³-hybridized carbons (Fsp3) is 0.320. The molecule has 0 spiro atoms. The third kappa shape index (κ3) is 3.31. The van der Waals surface area contributed by atoms with Gasteiger partial charge in [0.15, 0.2) is 0 Å². The van der Waals surface area contributed by atoms with Crippen LogP contribution in [0.25, 0.3) is 33.0 Å². The fourth-order valence-electron chi connectivity index (χ4n) is 4.52. The van der Waals surface area contributed by atoms with Crippen molar-refractivity contribution in [1.29, 1.82) is 0 Å². The number of benzene rings is 2. The number of nitrogens with zero attached hydrogens (tertiary/aromatic N) is 1. The molecular formula is C25H23F2NO. The summed E-state index contributed by atoms with van der Waals surface area (Å²) in [4.78, 5) is 4.60. The summed E-state index contributed by atoms with van der Waals surface area (Å²) in [5.74, 6) is -2.46. The summed E-state index contributed by atoms with van der Waals surface area (Å²) >= 11 is 0. The van der Waals surface area contributed by atoms with Gasteiger partial charge in [0, 0.05) is 39.5 Å². The molecule has 4 heteroatoms. The third-order valence-electron chi connectivity index (χ3n) is 5.99. The average Bonchev–Trinajstić information content (AvgIpc) is 3.17. The second-order valence-corrected chi connectivity index (χ2v) is 8.11. The number of pyridine rings is 1. The molecule has 0 bridgehead atoms. The van der Waals surface area contributed by atoms with Crippen molar-refractivity contribution in [2.24, 2.45) is 0 Å². The Morgan fingerprint density at radius 1 is 1.07 bits per heavy atom. The molecule has 4 aromatic rings. The van der Waals surface area contributed by atoms with Crippen molar-refractivity contribution in [2.75, 3.05) is 0 Å². The monoisotopic (exact) mass is 394 g/mol. The van der Waals surface area contributed by atoms with E-state index in [2.05, 4.69) is 11.1 Å².